The molecule has 0 aliphatic rings. The number of allylic oxidation sites excluding steroid dienone is 1. The number of pyridine rings is 1. The second-order valence-corrected chi connectivity index (χ2v) is 5.20. The normalized spacial score (nSPS) is 10.9. The molecule has 0 amide bonds. The number of phenolic OH excluding ortho intramolecular Hbond substituents is 1. The second kappa shape index (κ2) is 6.87. The van der Waals surface area contributed by atoms with Crippen LogP contribution in [0, 0.1) is 5.95 Å². The molecule has 1 heterocycles. The fourth-order valence-corrected chi connectivity index (χ4v) is 2.36. The number of aromatic hydroxyl groups is 1. The average molecular weight is 319 g/mol. The molecule has 24 heavy (non-hydrogen) atoms. The maximum absolute atomic E-state index is 13.0. The first-order chi connectivity index (χ1) is 11.6. The molecular weight excluding hydrogens is 305 g/mol. The number of carbonyl (C=O) groups excluding carboxylic acids is 1. The topological polar surface area (TPSA) is 50.2 Å². The minimum absolute atomic E-state index is 0.0482. The lowest BCUT2D eigenvalue weighted by Crippen LogP contribution is -1.93. The number of phenols is 1. The molecule has 0 atom stereocenters. The van der Waals surface area contributed by atoms with Crippen molar-refractivity contribution >= 4 is 11.9 Å². The van der Waals surface area contributed by atoms with Crippen molar-refractivity contribution in [1.29, 1.82) is 0 Å². The summed E-state index contributed by atoms with van der Waals surface area (Å²) in [5.41, 5.74) is 2.85. The molecule has 1 aromatic heterocycles. The predicted molar refractivity (Wildman–Crippen MR) is 91.1 cm³/mol. The van der Waals surface area contributed by atoms with Crippen LogP contribution in [0.2, 0.25) is 0 Å². The van der Waals surface area contributed by atoms with E-state index >= 15 is 0 Å². The first-order valence-electron chi connectivity index (χ1n) is 7.36. The highest BCUT2D eigenvalue weighted by Crippen LogP contribution is 2.24. The lowest BCUT2D eigenvalue weighted by molar-refractivity contribution is 0.104. The molecule has 3 rings (SSSR count). The number of carbonyl (C=O) groups is 1. The van der Waals surface area contributed by atoms with Gasteiger partial charge in [0.1, 0.15) is 5.75 Å². The highest BCUT2D eigenvalue weighted by molar-refractivity contribution is 6.07. The molecule has 0 aliphatic carbocycles. The van der Waals surface area contributed by atoms with Gasteiger partial charge in [0.2, 0.25) is 5.95 Å². The Labute approximate surface area is 138 Å². The number of benzene rings is 2. The van der Waals surface area contributed by atoms with Gasteiger partial charge in [-0.25, -0.2) is 4.98 Å². The van der Waals surface area contributed by atoms with Gasteiger partial charge >= 0.3 is 0 Å². The fourth-order valence-electron chi connectivity index (χ4n) is 2.36. The zero-order valence-electron chi connectivity index (χ0n) is 12.7. The molecule has 0 bridgehead atoms. The van der Waals surface area contributed by atoms with Crippen molar-refractivity contribution in [2.45, 2.75) is 0 Å². The van der Waals surface area contributed by atoms with E-state index in [1.807, 2.05) is 24.3 Å². The molecule has 3 nitrogen and oxygen atoms in total. The smallest absolute Gasteiger partial charge is 0.212 e. The lowest BCUT2D eigenvalue weighted by Gasteiger charge is -2.05. The molecule has 0 radical (unpaired) electrons. The van der Waals surface area contributed by atoms with Crippen molar-refractivity contribution in [3.05, 3.63) is 90.0 Å². The van der Waals surface area contributed by atoms with Gasteiger partial charge < -0.3 is 5.11 Å². The quantitative estimate of drug-likeness (QED) is 0.438. The van der Waals surface area contributed by atoms with Gasteiger partial charge in [-0.3, -0.25) is 4.79 Å². The highest BCUT2D eigenvalue weighted by Gasteiger charge is 2.05. The third kappa shape index (κ3) is 3.55. The van der Waals surface area contributed by atoms with Gasteiger partial charge in [0.05, 0.1) is 0 Å². The standard InChI is InChI=1S/C20H14FNO2/c21-20-11-9-16(13-22-20)18-7-2-1-4-14(18)8-10-19(24)15-5-3-6-17(23)12-15/h1-13,23H/b10-8+. The third-order valence-electron chi connectivity index (χ3n) is 3.54. The third-order valence-corrected chi connectivity index (χ3v) is 3.54. The minimum Gasteiger partial charge on any atom is -0.508 e. The van der Waals surface area contributed by atoms with Gasteiger partial charge in [0, 0.05) is 17.3 Å². The van der Waals surface area contributed by atoms with Crippen molar-refractivity contribution in [2.24, 2.45) is 0 Å². The summed E-state index contributed by atoms with van der Waals surface area (Å²) in [6.45, 7) is 0. The molecule has 0 saturated heterocycles. The molecular formula is C20H14FNO2. The summed E-state index contributed by atoms with van der Waals surface area (Å²) in [5, 5.41) is 9.45. The van der Waals surface area contributed by atoms with E-state index in [1.54, 1.807) is 24.3 Å². The molecule has 3 aromatic rings. The Morgan fingerprint density at radius 2 is 1.88 bits per heavy atom. The van der Waals surface area contributed by atoms with Crippen LogP contribution in [0.4, 0.5) is 4.39 Å². The molecule has 1 N–H and O–H groups in total. The molecule has 0 fully saturated rings. The van der Waals surface area contributed by atoms with Crippen LogP contribution in [-0.4, -0.2) is 15.9 Å². The van der Waals surface area contributed by atoms with Gasteiger partial charge in [-0.2, -0.15) is 4.39 Å². The fraction of sp³-hybridized carbons (Fsp3) is 0. The summed E-state index contributed by atoms with van der Waals surface area (Å²) in [6.07, 6.45) is 4.61. The molecule has 0 spiro atoms. The maximum Gasteiger partial charge on any atom is 0.212 e. The average Bonchev–Trinajstić information content (AvgIpc) is 2.61. The van der Waals surface area contributed by atoms with Crippen LogP contribution in [0.5, 0.6) is 5.75 Å². The van der Waals surface area contributed by atoms with Crippen molar-refractivity contribution in [2.75, 3.05) is 0 Å². The number of ketones is 1. The van der Waals surface area contributed by atoms with Crippen LogP contribution in [-0.2, 0) is 0 Å². The lowest BCUT2D eigenvalue weighted by atomic mass is 10.00. The van der Waals surface area contributed by atoms with E-state index < -0.39 is 5.95 Å². The van der Waals surface area contributed by atoms with E-state index in [2.05, 4.69) is 4.98 Å². The van der Waals surface area contributed by atoms with Gasteiger partial charge in [-0.15, -0.1) is 0 Å². The number of hydrogen-bond acceptors (Lipinski definition) is 3. The molecule has 0 aliphatic heterocycles. The van der Waals surface area contributed by atoms with Gasteiger partial charge in [-0.1, -0.05) is 42.5 Å². The minimum atomic E-state index is -0.536. The zero-order chi connectivity index (χ0) is 16.9. The Hall–Kier alpha value is -3.27. The van der Waals surface area contributed by atoms with Crippen molar-refractivity contribution < 1.29 is 14.3 Å². The number of nitrogens with zero attached hydrogens (tertiary/aromatic N) is 1. The summed E-state index contributed by atoms with van der Waals surface area (Å²) in [4.78, 5) is 15.9. The van der Waals surface area contributed by atoms with E-state index in [9.17, 15) is 14.3 Å². The summed E-state index contributed by atoms with van der Waals surface area (Å²) in [6, 6.07) is 16.6. The largest absolute Gasteiger partial charge is 0.508 e. The summed E-state index contributed by atoms with van der Waals surface area (Å²) < 4.78 is 13.0. The van der Waals surface area contributed by atoms with E-state index in [0.717, 1.165) is 16.7 Å². The Morgan fingerprint density at radius 3 is 2.62 bits per heavy atom. The molecule has 2 aromatic carbocycles. The van der Waals surface area contributed by atoms with Crippen LogP contribution in [0.15, 0.2) is 72.9 Å². The molecule has 0 saturated carbocycles. The first-order valence-corrected chi connectivity index (χ1v) is 7.36. The Bertz CT molecular complexity index is 902. The van der Waals surface area contributed by atoms with Gasteiger partial charge in [-0.05, 0) is 41.5 Å². The van der Waals surface area contributed by atoms with Crippen LogP contribution in [0.3, 0.4) is 0 Å². The van der Waals surface area contributed by atoms with E-state index in [-0.39, 0.29) is 11.5 Å². The molecule has 4 heteroatoms. The van der Waals surface area contributed by atoms with Crippen LogP contribution in [0.1, 0.15) is 15.9 Å². The van der Waals surface area contributed by atoms with Crippen LogP contribution < -0.4 is 0 Å². The Morgan fingerprint density at radius 1 is 1.04 bits per heavy atom. The molecule has 118 valence electrons. The van der Waals surface area contributed by atoms with Crippen molar-refractivity contribution in [3.8, 4) is 16.9 Å². The number of rotatable bonds is 4. The number of halogens is 1. The predicted octanol–water partition coefficient (Wildman–Crippen LogP) is 4.49. The monoisotopic (exact) mass is 319 g/mol. The SMILES string of the molecule is O=C(/C=C/c1ccccc1-c1ccc(F)nc1)c1cccc(O)c1. The summed E-state index contributed by atoms with van der Waals surface area (Å²) in [5.74, 6) is -0.698. The summed E-state index contributed by atoms with van der Waals surface area (Å²) >= 11 is 0. The Balaban J connectivity index is 1.90. The maximum atomic E-state index is 13.0. The second-order valence-electron chi connectivity index (χ2n) is 5.20. The number of aromatic nitrogens is 1. The molecule has 0 unspecified atom stereocenters. The van der Waals surface area contributed by atoms with Crippen molar-refractivity contribution in [1.82, 2.24) is 4.98 Å². The van der Waals surface area contributed by atoms with Crippen LogP contribution >= 0.6 is 0 Å². The zero-order valence-corrected chi connectivity index (χ0v) is 12.7. The summed E-state index contributed by atoms with van der Waals surface area (Å²) in [7, 11) is 0. The van der Waals surface area contributed by atoms with E-state index in [4.69, 9.17) is 0 Å². The van der Waals surface area contributed by atoms with Crippen LogP contribution in [0.25, 0.3) is 17.2 Å². The van der Waals surface area contributed by atoms with Gasteiger partial charge in [0.15, 0.2) is 5.78 Å². The Kier molecular flexibility index (Phi) is 4.47. The van der Waals surface area contributed by atoms with Gasteiger partial charge in [0.25, 0.3) is 0 Å². The first kappa shape index (κ1) is 15.6. The van der Waals surface area contributed by atoms with E-state index in [1.165, 1.54) is 30.5 Å². The van der Waals surface area contributed by atoms with Crippen molar-refractivity contribution in [3.63, 3.8) is 0 Å². The van der Waals surface area contributed by atoms with E-state index in [0.29, 0.717) is 5.56 Å². The highest BCUT2D eigenvalue weighted by atomic mass is 19.1. The number of hydrogen-bond donors (Lipinski definition) is 1.